The maximum atomic E-state index is 12.9. The molecule has 1 amide bonds. The zero-order valence-electron chi connectivity index (χ0n) is 18.7. The third kappa shape index (κ3) is 5.47. The van der Waals surface area contributed by atoms with Crippen molar-refractivity contribution >= 4 is 28.3 Å². The van der Waals surface area contributed by atoms with Gasteiger partial charge in [-0.05, 0) is 47.9 Å². The highest BCUT2D eigenvalue weighted by atomic mass is 35.5. The molecule has 0 heterocycles. The molecular weight excluding hydrogens is 434 g/mol. The maximum Gasteiger partial charge on any atom is 0.251 e. The second-order valence-corrected chi connectivity index (χ2v) is 8.22. The summed E-state index contributed by atoms with van der Waals surface area (Å²) in [6, 6.07) is 25.6. The van der Waals surface area contributed by atoms with Crippen LogP contribution in [-0.4, -0.2) is 12.5 Å². The van der Waals surface area contributed by atoms with Gasteiger partial charge in [0, 0.05) is 12.1 Å². The predicted octanol–water partition coefficient (Wildman–Crippen LogP) is 6.71. The molecule has 4 aromatic rings. The van der Waals surface area contributed by atoms with Crippen molar-refractivity contribution in [3.63, 3.8) is 0 Å². The lowest BCUT2D eigenvalue weighted by Gasteiger charge is -2.16. The highest BCUT2D eigenvalue weighted by Crippen LogP contribution is 2.37. The molecule has 4 nitrogen and oxygen atoms in total. The summed E-state index contributed by atoms with van der Waals surface area (Å²) in [5.74, 6) is 0.660. The minimum atomic E-state index is -0.226. The smallest absolute Gasteiger partial charge is 0.251 e. The van der Waals surface area contributed by atoms with E-state index >= 15 is 0 Å². The Hall–Kier alpha value is -3.50. The zero-order chi connectivity index (χ0) is 23.2. The summed E-state index contributed by atoms with van der Waals surface area (Å²) < 4.78 is 11.7. The molecular formula is C28H26ClNO3. The topological polar surface area (TPSA) is 47.6 Å². The number of rotatable bonds is 8. The molecule has 1 N–H and O–H groups in total. The minimum Gasteiger partial charge on any atom is -0.490 e. The van der Waals surface area contributed by atoms with E-state index in [4.69, 9.17) is 21.1 Å². The second-order valence-electron chi connectivity index (χ2n) is 7.81. The van der Waals surface area contributed by atoms with E-state index in [1.807, 2.05) is 62.4 Å². The fourth-order valence-corrected chi connectivity index (χ4v) is 3.93. The number of benzene rings is 4. The SMILES string of the molecule is CCOc1cc(C(=O)NCc2cccc3ccccc23)cc(Cl)c1OCc1ccc(C)cc1. The van der Waals surface area contributed by atoms with Crippen molar-refractivity contribution in [2.45, 2.75) is 27.0 Å². The van der Waals surface area contributed by atoms with Gasteiger partial charge in [-0.25, -0.2) is 0 Å². The number of hydrogen-bond donors (Lipinski definition) is 1. The van der Waals surface area contributed by atoms with E-state index in [9.17, 15) is 4.79 Å². The average molecular weight is 460 g/mol. The molecule has 0 fully saturated rings. The lowest BCUT2D eigenvalue weighted by molar-refractivity contribution is 0.0950. The van der Waals surface area contributed by atoms with Crippen LogP contribution in [0.2, 0.25) is 5.02 Å². The number of halogens is 1. The van der Waals surface area contributed by atoms with Gasteiger partial charge in [0.15, 0.2) is 11.5 Å². The molecule has 0 spiro atoms. The number of carbonyl (C=O) groups excluding carboxylic acids is 1. The van der Waals surface area contributed by atoms with Crippen molar-refractivity contribution in [3.8, 4) is 11.5 Å². The predicted molar refractivity (Wildman–Crippen MR) is 133 cm³/mol. The first-order chi connectivity index (χ1) is 16.0. The van der Waals surface area contributed by atoms with Gasteiger partial charge < -0.3 is 14.8 Å². The Labute approximate surface area is 199 Å². The fourth-order valence-electron chi connectivity index (χ4n) is 3.67. The lowest BCUT2D eigenvalue weighted by atomic mass is 10.0. The number of nitrogens with one attached hydrogen (secondary N) is 1. The summed E-state index contributed by atoms with van der Waals surface area (Å²) in [5.41, 5.74) is 3.68. The van der Waals surface area contributed by atoms with E-state index < -0.39 is 0 Å². The molecule has 5 heteroatoms. The van der Waals surface area contributed by atoms with Crippen LogP contribution < -0.4 is 14.8 Å². The van der Waals surface area contributed by atoms with Gasteiger partial charge in [0.05, 0.1) is 11.6 Å². The average Bonchev–Trinajstić information content (AvgIpc) is 2.83. The Morgan fingerprint density at radius 2 is 1.70 bits per heavy atom. The van der Waals surface area contributed by atoms with Crippen LogP contribution in [0.15, 0.2) is 78.9 Å². The molecule has 0 aliphatic carbocycles. The van der Waals surface area contributed by atoms with E-state index in [1.165, 1.54) is 5.56 Å². The van der Waals surface area contributed by atoms with Crippen LogP contribution >= 0.6 is 11.6 Å². The number of fused-ring (bicyclic) bond motifs is 1. The first-order valence-corrected chi connectivity index (χ1v) is 11.3. The van der Waals surface area contributed by atoms with E-state index in [-0.39, 0.29) is 5.91 Å². The number of ether oxygens (including phenoxy) is 2. The summed E-state index contributed by atoms with van der Waals surface area (Å²) in [6.45, 7) is 5.11. The Balaban J connectivity index is 1.51. The van der Waals surface area contributed by atoms with Crippen LogP contribution in [0.25, 0.3) is 10.8 Å². The molecule has 0 saturated heterocycles. The monoisotopic (exact) mass is 459 g/mol. The molecule has 0 unspecified atom stereocenters. The largest absolute Gasteiger partial charge is 0.490 e. The summed E-state index contributed by atoms with van der Waals surface area (Å²) in [4.78, 5) is 12.9. The highest BCUT2D eigenvalue weighted by molar-refractivity contribution is 6.32. The van der Waals surface area contributed by atoms with Crippen molar-refractivity contribution in [2.24, 2.45) is 0 Å². The summed E-state index contributed by atoms with van der Waals surface area (Å²) in [5, 5.41) is 5.59. The van der Waals surface area contributed by atoms with Gasteiger partial charge in [0.1, 0.15) is 6.61 Å². The second kappa shape index (κ2) is 10.4. The molecule has 0 atom stereocenters. The minimum absolute atomic E-state index is 0.226. The Kier molecular flexibility index (Phi) is 7.16. The molecule has 33 heavy (non-hydrogen) atoms. The van der Waals surface area contributed by atoms with Gasteiger partial charge in [-0.15, -0.1) is 0 Å². The zero-order valence-corrected chi connectivity index (χ0v) is 19.5. The van der Waals surface area contributed by atoms with Gasteiger partial charge in [0.2, 0.25) is 0 Å². The Bertz CT molecular complexity index is 1260. The third-order valence-electron chi connectivity index (χ3n) is 5.39. The number of aryl methyl sites for hydroxylation is 1. The van der Waals surface area contributed by atoms with Crippen LogP contribution in [0.3, 0.4) is 0 Å². The molecule has 4 aromatic carbocycles. The Morgan fingerprint density at radius 3 is 2.48 bits per heavy atom. The molecule has 4 rings (SSSR count). The Morgan fingerprint density at radius 1 is 0.939 bits per heavy atom. The first-order valence-electron chi connectivity index (χ1n) is 10.9. The number of carbonyl (C=O) groups is 1. The lowest BCUT2D eigenvalue weighted by Crippen LogP contribution is -2.23. The van der Waals surface area contributed by atoms with E-state index in [2.05, 4.69) is 23.5 Å². The van der Waals surface area contributed by atoms with Crippen molar-refractivity contribution in [2.75, 3.05) is 6.61 Å². The molecule has 168 valence electrons. The number of amides is 1. The third-order valence-corrected chi connectivity index (χ3v) is 5.68. The van der Waals surface area contributed by atoms with Crippen molar-refractivity contribution < 1.29 is 14.3 Å². The van der Waals surface area contributed by atoms with Crippen LogP contribution in [0, 0.1) is 6.92 Å². The molecule has 0 radical (unpaired) electrons. The van der Waals surface area contributed by atoms with Gasteiger partial charge in [-0.1, -0.05) is 83.9 Å². The first kappa shape index (κ1) is 22.7. The maximum absolute atomic E-state index is 12.9. The van der Waals surface area contributed by atoms with Gasteiger partial charge >= 0.3 is 0 Å². The van der Waals surface area contributed by atoms with Crippen molar-refractivity contribution in [3.05, 3.63) is 106 Å². The van der Waals surface area contributed by atoms with Crippen LogP contribution in [-0.2, 0) is 13.2 Å². The van der Waals surface area contributed by atoms with E-state index in [0.717, 1.165) is 21.9 Å². The van der Waals surface area contributed by atoms with Crippen molar-refractivity contribution in [1.29, 1.82) is 0 Å². The summed E-state index contributed by atoms with van der Waals surface area (Å²) >= 11 is 6.52. The summed E-state index contributed by atoms with van der Waals surface area (Å²) in [7, 11) is 0. The molecule has 0 aromatic heterocycles. The molecule has 0 saturated carbocycles. The van der Waals surface area contributed by atoms with Crippen molar-refractivity contribution in [1.82, 2.24) is 5.32 Å². The van der Waals surface area contributed by atoms with Crippen LogP contribution in [0.1, 0.15) is 34.0 Å². The summed E-state index contributed by atoms with van der Waals surface area (Å²) in [6.07, 6.45) is 0. The van der Waals surface area contributed by atoms with E-state index in [0.29, 0.717) is 41.8 Å². The van der Waals surface area contributed by atoms with E-state index in [1.54, 1.807) is 12.1 Å². The standard InChI is InChI=1S/C28H26ClNO3/c1-3-32-26-16-23(15-25(29)27(26)33-18-20-13-11-19(2)12-14-20)28(31)30-17-22-9-6-8-21-7-4-5-10-24(21)22/h4-16H,3,17-18H2,1-2H3,(H,30,31). The van der Waals surface area contributed by atoms with Crippen LogP contribution in [0.5, 0.6) is 11.5 Å². The van der Waals surface area contributed by atoms with Gasteiger partial charge in [0.25, 0.3) is 5.91 Å². The van der Waals surface area contributed by atoms with Gasteiger partial charge in [-0.2, -0.15) is 0 Å². The fraction of sp³-hybridized carbons (Fsp3) is 0.179. The van der Waals surface area contributed by atoms with Crippen LogP contribution in [0.4, 0.5) is 0 Å². The highest BCUT2D eigenvalue weighted by Gasteiger charge is 2.17. The number of hydrogen-bond acceptors (Lipinski definition) is 3. The molecule has 0 bridgehead atoms. The molecule has 0 aliphatic rings. The molecule has 0 aliphatic heterocycles. The quantitative estimate of drug-likeness (QED) is 0.318. The normalized spacial score (nSPS) is 10.8. The van der Waals surface area contributed by atoms with Gasteiger partial charge in [-0.3, -0.25) is 4.79 Å².